The lowest BCUT2D eigenvalue weighted by atomic mass is 9.91. The molecule has 0 aromatic heterocycles. The first-order valence-corrected chi connectivity index (χ1v) is 15.4. The Morgan fingerprint density at radius 1 is 0.786 bits per heavy atom. The van der Waals surface area contributed by atoms with Gasteiger partial charge in [-0.25, -0.2) is 9.59 Å². The van der Waals surface area contributed by atoms with E-state index in [0.29, 0.717) is 24.5 Å². The predicted octanol–water partition coefficient (Wildman–Crippen LogP) is 9.35. The number of methoxy groups -OCH3 is 2. The first-order valence-electron chi connectivity index (χ1n) is 15.4. The van der Waals surface area contributed by atoms with Gasteiger partial charge >= 0.3 is 11.9 Å². The number of unbranched alkanes of at least 4 members (excludes halogenated alkanes) is 6. The van der Waals surface area contributed by atoms with Gasteiger partial charge in [0.15, 0.2) is 0 Å². The number of hydrogen-bond acceptors (Lipinski definition) is 5. The van der Waals surface area contributed by atoms with Crippen LogP contribution in [0.4, 0.5) is 0 Å². The van der Waals surface area contributed by atoms with Gasteiger partial charge in [-0.15, -0.1) is 0 Å². The summed E-state index contributed by atoms with van der Waals surface area (Å²) < 4.78 is 15.5. The van der Waals surface area contributed by atoms with E-state index in [4.69, 9.17) is 14.2 Å². The van der Waals surface area contributed by atoms with Crippen LogP contribution in [0.3, 0.4) is 0 Å². The van der Waals surface area contributed by atoms with Crippen LogP contribution in [0.15, 0.2) is 65.9 Å². The highest BCUT2D eigenvalue weighted by molar-refractivity contribution is 5.92. The molecule has 0 amide bonds. The minimum Gasteiger partial charge on any atom is -0.497 e. The standard InChI is InChI=1S/2C18H26O3/c1-4-6-7-14(5-2)12-16(18(19)20)13-15-8-10-17(21-3)11-9-15;1-3-4-5-6-7-11-14-21-18(19)17(20-2)15-16-12-9-8-10-13-16/h8-11,13-14H,4-7,12H2,1-3H3,(H,19,20);8-10,12-13,15H,3-7,11,14H2,1-2H3. The first-order chi connectivity index (χ1) is 20.4. The van der Waals surface area contributed by atoms with E-state index >= 15 is 0 Å². The highest BCUT2D eigenvalue weighted by Gasteiger charge is 2.14. The Bertz CT molecular complexity index is 1060. The minimum atomic E-state index is -0.819. The van der Waals surface area contributed by atoms with Gasteiger partial charge in [-0.2, -0.15) is 0 Å². The molecule has 42 heavy (non-hydrogen) atoms. The number of benzene rings is 2. The molecule has 1 unspecified atom stereocenters. The van der Waals surface area contributed by atoms with Crippen molar-refractivity contribution in [3.8, 4) is 5.75 Å². The van der Waals surface area contributed by atoms with Crippen LogP contribution < -0.4 is 4.74 Å². The molecular formula is C36H52O6. The first kappa shape index (κ1) is 36.5. The number of carboxylic acids is 1. The molecule has 0 saturated carbocycles. The summed E-state index contributed by atoms with van der Waals surface area (Å²) in [6.45, 7) is 6.96. The summed E-state index contributed by atoms with van der Waals surface area (Å²) in [7, 11) is 3.11. The van der Waals surface area contributed by atoms with E-state index in [1.807, 2.05) is 54.6 Å². The van der Waals surface area contributed by atoms with Crippen LogP contribution in [0.5, 0.6) is 5.75 Å². The van der Waals surface area contributed by atoms with E-state index in [9.17, 15) is 14.7 Å². The van der Waals surface area contributed by atoms with Crippen molar-refractivity contribution in [2.75, 3.05) is 20.8 Å². The Morgan fingerprint density at radius 3 is 1.98 bits per heavy atom. The molecule has 0 fully saturated rings. The minimum absolute atomic E-state index is 0.243. The normalized spacial score (nSPS) is 12.1. The lowest BCUT2D eigenvalue weighted by Crippen LogP contribution is -2.10. The quantitative estimate of drug-likeness (QED) is 0.0771. The fourth-order valence-corrected chi connectivity index (χ4v) is 4.38. The summed E-state index contributed by atoms with van der Waals surface area (Å²) in [5, 5.41) is 9.41. The fraction of sp³-hybridized carbons (Fsp3) is 0.500. The molecule has 0 saturated heterocycles. The molecule has 0 spiro atoms. The Labute approximate surface area is 253 Å². The SMILES string of the molecule is CCCCC(CC)CC(=Cc1ccc(OC)cc1)C(=O)O.CCCCCCCCOC(=O)C(=Cc1ccccc1)OC. The van der Waals surface area contributed by atoms with Gasteiger partial charge in [0, 0.05) is 5.57 Å². The Kier molecular flexibility index (Phi) is 20.0. The van der Waals surface area contributed by atoms with E-state index in [1.165, 1.54) is 32.8 Å². The summed E-state index contributed by atoms with van der Waals surface area (Å²) in [4.78, 5) is 23.4. The smallest absolute Gasteiger partial charge is 0.373 e. The predicted molar refractivity (Wildman–Crippen MR) is 172 cm³/mol. The van der Waals surface area contributed by atoms with Gasteiger partial charge in [-0.05, 0) is 54.2 Å². The Hall–Kier alpha value is -3.54. The molecule has 0 aliphatic heterocycles. The highest BCUT2D eigenvalue weighted by Crippen LogP contribution is 2.24. The number of ether oxygens (including phenoxy) is 3. The average Bonchev–Trinajstić information content (AvgIpc) is 3.01. The van der Waals surface area contributed by atoms with E-state index in [0.717, 1.165) is 55.4 Å². The van der Waals surface area contributed by atoms with Gasteiger partial charge < -0.3 is 19.3 Å². The van der Waals surface area contributed by atoms with Crippen molar-refractivity contribution in [1.82, 2.24) is 0 Å². The zero-order chi connectivity index (χ0) is 31.0. The summed E-state index contributed by atoms with van der Waals surface area (Å²) in [5.74, 6) is 0.256. The molecular weight excluding hydrogens is 528 g/mol. The number of carbonyl (C=O) groups is 2. The number of aliphatic carboxylic acids is 1. The molecule has 2 aromatic rings. The molecule has 6 heteroatoms. The zero-order valence-corrected chi connectivity index (χ0v) is 26.4. The van der Waals surface area contributed by atoms with Crippen molar-refractivity contribution in [3.63, 3.8) is 0 Å². The topological polar surface area (TPSA) is 82.1 Å². The van der Waals surface area contributed by atoms with Crippen LogP contribution in [-0.4, -0.2) is 37.9 Å². The third-order valence-corrected chi connectivity index (χ3v) is 7.03. The van der Waals surface area contributed by atoms with Crippen LogP contribution in [0.2, 0.25) is 0 Å². The lowest BCUT2D eigenvalue weighted by Gasteiger charge is -2.14. The Balaban J connectivity index is 0.000000420. The largest absolute Gasteiger partial charge is 0.497 e. The molecule has 0 heterocycles. The second-order valence-electron chi connectivity index (χ2n) is 10.4. The second kappa shape index (κ2) is 23.1. The highest BCUT2D eigenvalue weighted by atomic mass is 16.6. The summed E-state index contributed by atoms with van der Waals surface area (Å²) in [6.07, 6.45) is 15.6. The summed E-state index contributed by atoms with van der Waals surface area (Å²) >= 11 is 0. The fourth-order valence-electron chi connectivity index (χ4n) is 4.38. The molecule has 0 aliphatic rings. The maximum absolute atomic E-state index is 11.9. The van der Waals surface area contributed by atoms with Crippen molar-refractivity contribution in [3.05, 3.63) is 77.1 Å². The monoisotopic (exact) mass is 580 g/mol. The van der Waals surface area contributed by atoms with Crippen molar-refractivity contribution < 1.29 is 28.9 Å². The number of carboxylic acid groups (broad SMARTS) is 1. The third kappa shape index (κ3) is 16.0. The van der Waals surface area contributed by atoms with Gasteiger partial charge in [0.2, 0.25) is 5.76 Å². The lowest BCUT2D eigenvalue weighted by molar-refractivity contribution is -0.142. The molecule has 0 aliphatic carbocycles. The zero-order valence-electron chi connectivity index (χ0n) is 26.4. The molecule has 1 atom stereocenters. The van der Waals surface area contributed by atoms with Gasteiger partial charge in [-0.1, -0.05) is 121 Å². The third-order valence-electron chi connectivity index (χ3n) is 7.03. The van der Waals surface area contributed by atoms with Gasteiger partial charge in [0.1, 0.15) is 5.75 Å². The van der Waals surface area contributed by atoms with E-state index in [2.05, 4.69) is 20.8 Å². The molecule has 0 radical (unpaired) electrons. The van der Waals surface area contributed by atoms with E-state index in [1.54, 1.807) is 19.3 Å². The van der Waals surface area contributed by atoms with E-state index < -0.39 is 11.9 Å². The van der Waals surface area contributed by atoms with E-state index in [-0.39, 0.29) is 5.76 Å². The summed E-state index contributed by atoms with van der Waals surface area (Å²) in [6, 6.07) is 17.1. The van der Waals surface area contributed by atoms with Crippen molar-refractivity contribution in [1.29, 1.82) is 0 Å². The van der Waals surface area contributed by atoms with Gasteiger partial charge in [0.25, 0.3) is 0 Å². The molecule has 0 bridgehead atoms. The van der Waals surface area contributed by atoms with Crippen molar-refractivity contribution in [2.45, 2.75) is 91.4 Å². The van der Waals surface area contributed by atoms with Gasteiger partial charge in [0.05, 0.1) is 20.8 Å². The van der Waals surface area contributed by atoms with Crippen LogP contribution in [0.1, 0.15) is 103 Å². The van der Waals surface area contributed by atoms with Crippen molar-refractivity contribution >= 4 is 24.1 Å². The van der Waals surface area contributed by atoms with Crippen molar-refractivity contribution in [2.24, 2.45) is 5.92 Å². The number of carbonyl (C=O) groups excluding carboxylic acids is 1. The Morgan fingerprint density at radius 2 is 1.40 bits per heavy atom. The molecule has 2 aromatic carbocycles. The maximum atomic E-state index is 11.9. The average molecular weight is 581 g/mol. The number of esters is 1. The second-order valence-corrected chi connectivity index (χ2v) is 10.4. The van der Waals surface area contributed by atoms with Crippen LogP contribution >= 0.6 is 0 Å². The van der Waals surface area contributed by atoms with Crippen LogP contribution in [-0.2, 0) is 19.1 Å². The number of hydrogen-bond donors (Lipinski definition) is 1. The number of rotatable bonds is 19. The maximum Gasteiger partial charge on any atom is 0.373 e. The molecule has 1 N–H and O–H groups in total. The summed E-state index contributed by atoms with van der Waals surface area (Å²) in [5.41, 5.74) is 2.31. The van der Waals surface area contributed by atoms with Crippen LogP contribution in [0, 0.1) is 5.92 Å². The molecule has 6 nitrogen and oxygen atoms in total. The van der Waals surface area contributed by atoms with Crippen LogP contribution in [0.25, 0.3) is 12.2 Å². The molecule has 232 valence electrons. The van der Waals surface area contributed by atoms with Gasteiger partial charge in [-0.3, -0.25) is 0 Å². The molecule has 2 rings (SSSR count).